The molecule has 1 unspecified atom stereocenters. The van der Waals surface area contributed by atoms with Crippen LogP contribution in [0.5, 0.6) is 0 Å². The van der Waals surface area contributed by atoms with Crippen molar-refractivity contribution < 1.29 is 19.2 Å². The lowest BCUT2D eigenvalue weighted by Crippen LogP contribution is -2.38. The van der Waals surface area contributed by atoms with E-state index >= 15 is 0 Å². The van der Waals surface area contributed by atoms with E-state index in [9.17, 15) is 9.59 Å². The fourth-order valence-electron chi connectivity index (χ4n) is 2.43. The number of halogens is 1. The van der Waals surface area contributed by atoms with Gasteiger partial charge < -0.3 is 14.5 Å². The van der Waals surface area contributed by atoms with Gasteiger partial charge in [-0.1, -0.05) is 23.7 Å². The van der Waals surface area contributed by atoms with Crippen LogP contribution in [-0.4, -0.2) is 39.6 Å². The molecule has 0 radical (unpaired) electrons. The van der Waals surface area contributed by atoms with Crippen molar-refractivity contribution in [3.63, 3.8) is 0 Å². The van der Waals surface area contributed by atoms with Crippen LogP contribution in [0.3, 0.4) is 0 Å². The van der Waals surface area contributed by atoms with E-state index < -0.39 is 11.9 Å². The Morgan fingerprint density at radius 3 is 2.62 bits per heavy atom. The fourth-order valence-corrected chi connectivity index (χ4v) is 2.56. The number of rotatable bonds is 6. The maximum absolute atomic E-state index is 12.7. The summed E-state index contributed by atoms with van der Waals surface area (Å²) in [5.74, 6) is -1.38. The Kier molecular flexibility index (Phi) is 4.57. The summed E-state index contributed by atoms with van der Waals surface area (Å²) < 4.78 is 5.26. The lowest BCUT2D eigenvalue weighted by atomic mass is 10.1. The number of carboxylic acid groups (broad SMARTS) is 1. The zero-order valence-corrected chi connectivity index (χ0v) is 13.9. The predicted octanol–water partition coefficient (Wildman–Crippen LogP) is 3.32. The topological polar surface area (TPSA) is 83.6 Å². The number of amides is 1. The number of hydrogen-bond acceptors (Lipinski definition) is 4. The Morgan fingerprint density at radius 1 is 1.38 bits per heavy atom. The van der Waals surface area contributed by atoms with Crippen molar-refractivity contribution in [2.45, 2.75) is 25.8 Å². The number of carbonyl (C=O) groups is 2. The lowest BCUT2D eigenvalue weighted by Gasteiger charge is -2.23. The SMILES string of the molecule is CC(CN(C(=O)c1cc(-c2ccc(Cl)cc2)on1)C1CC1)C(=O)O. The fraction of sp³-hybridized carbons (Fsp3) is 0.353. The molecular weight excluding hydrogens is 332 g/mol. The number of hydrogen-bond donors (Lipinski definition) is 1. The molecule has 0 spiro atoms. The van der Waals surface area contributed by atoms with E-state index in [4.69, 9.17) is 21.2 Å². The zero-order chi connectivity index (χ0) is 17.3. The maximum Gasteiger partial charge on any atom is 0.308 e. The molecule has 2 aromatic rings. The third-order valence-electron chi connectivity index (χ3n) is 4.00. The molecular formula is C17H17ClN2O4. The van der Waals surface area contributed by atoms with E-state index in [2.05, 4.69) is 5.16 Å². The van der Waals surface area contributed by atoms with Crippen molar-refractivity contribution in [1.29, 1.82) is 0 Å². The van der Waals surface area contributed by atoms with E-state index in [0.29, 0.717) is 10.8 Å². The Bertz CT molecular complexity index is 752. The Balaban J connectivity index is 1.78. The molecule has 1 aromatic carbocycles. The average Bonchev–Trinajstić information content (AvgIpc) is 3.28. The summed E-state index contributed by atoms with van der Waals surface area (Å²) in [4.78, 5) is 25.3. The smallest absolute Gasteiger partial charge is 0.308 e. The second-order valence-electron chi connectivity index (χ2n) is 6.01. The summed E-state index contributed by atoms with van der Waals surface area (Å²) in [6.07, 6.45) is 1.78. The predicted molar refractivity (Wildman–Crippen MR) is 87.8 cm³/mol. The van der Waals surface area contributed by atoms with Gasteiger partial charge in [0.2, 0.25) is 0 Å². The summed E-state index contributed by atoms with van der Waals surface area (Å²) in [6, 6.07) is 8.68. The highest BCUT2D eigenvalue weighted by atomic mass is 35.5. The van der Waals surface area contributed by atoms with Gasteiger partial charge in [0.15, 0.2) is 11.5 Å². The monoisotopic (exact) mass is 348 g/mol. The van der Waals surface area contributed by atoms with E-state index in [1.165, 1.54) is 0 Å². The Labute approximate surface area is 144 Å². The van der Waals surface area contributed by atoms with Crippen molar-refractivity contribution in [2.75, 3.05) is 6.54 Å². The van der Waals surface area contributed by atoms with Crippen LogP contribution in [0.2, 0.25) is 5.02 Å². The maximum atomic E-state index is 12.7. The van der Waals surface area contributed by atoms with Gasteiger partial charge in [0, 0.05) is 29.2 Å². The minimum Gasteiger partial charge on any atom is -0.481 e. The molecule has 1 fully saturated rings. The highest BCUT2D eigenvalue weighted by Gasteiger charge is 2.36. The molecule has 1 aliphatic rings. The van der Waals surface area contributed by atoms with Gasteiger partial charge in [-0.05, 0) is 37.1 Å². The van der Waals surface area contributed by atoms with Gasteiger partial charge in [0.05, 0.1) is 5.92 Å². The molecule has 24 heavy (non-hydrogen) atoms. The summed E-state index contributed by atoms with van der Waals surface area (Å²) >= 11 is 5.86. The number of nitrogens with zero attached hydrogens (tertiary/aromatic N) is 2. The summed E-state index contributed by atoms with van der Waals surface area (Å²) in [5, 5.41) is 13.5. The van der Waals surface area contributed by atoms with Crippen molar-refractivity contribution in [3.05, 3.63) is 41.0 Å². The molecule has 0 aliphatic heterocycles. The van der Waals surface area contributed by atoms with Crippen LogP contribution >= 0.6 is 11.6 Å². The minimum atomic E-state index is -0.921. The molecule has 126 valence electrons. The third-order valence-corrected chi connectivity index (χ3v) is 4.25. The van der Waals surface area contributed by atoms with Gasteiger partial charge in [-0.2, -0.15) is 0 Å². The number of aliphatic carboxylic acids is 1. The average molecular weight is 349 g/mol. The molecule has 1 N–H and O–H groups in total. The van der Waals surface area contributed by atoms with Crippen LogP contribution < -0.4 is 0 Å². The van der Waals surface area contributed by atoms with Crippen LogP contribution in [0.4, 0.5) is 0 Å². The van der Waals surface area contributed by atoms with E-state index in [-0.39, 0.29) is 24.2 Å². The van der Waals surface area contributed by atoms with E-state index in [1.54, 1.807) is 42.2 Å². The van der Waals surface area contributed by atoms with Crippen molar-refractivity contribution in [3.8, 4) is 11.3 Å². The largest absolute Gasteiger partial charge is 0.481 e. The van der Waals surface area contributed by atoms with Gasteiger partial charge in [-0.25, -0.2) is 0 Å². The van der Waals surface area contributed by atoms with E-state index in [0.717, 1.165) is 18.4 Å². The summed E-state index contributed by atoms with van der Waals surface area (Å²) in [7, 11) is 0. The highest BCUT2D eigenvalue weighted by molar-refractivity contribution is 6.30. The molecule has 1 saturated carbocycles. The van der Waals surface area contributed by atoms with Crippen LogP contribution in [0.1, 0.15) is 30.3 Å². The molecule has 0 bridgehead atoms. The van der Waals surface area contributed by atoms with Gasteiger partial charge in [-0.3, -0.25) is 9.59 Å². The van der Waals surface area contributed by atoms with Crippen LogP contribution in [0.25, 0.3) is 11.3 Å². The molecule has 7 heteroatoms. The normalized spacial score (nSPS) is 15.1. The minimum absolute atomic E-state index is 0.0926. The molecule has 1 aromatic heterocycles. The van der Waals surface area contributed by atoms with Crippen LogP contribution in [0.15, 0.2) is 34.9 Å². The molecule has 1 aliphatic carbocycles. The molecule has 0 saturated heterocycles. The van der Waals surface area contributed by atoms with Crippen LogP contribution in [-0.2, 0) is 4.79 Å². The second-order valence-corrected chi connectivity index (χ2v) is 6.45. The van der Waals surface area contributed by atoms with Gasteiger partial charge in [0.25, 0.3) is 5.91 Å². The van der Waals surface area contributed by atoms with E-state index in [1.807, 2.05) is 0 Å². The Hall–Kier alpha value is -2.34. The lowest BCUT2D eigenvalue weighted by molar-refractivity contribution is -0.141. The standard InChI is InChI=1S/C17H17ClN2O4/c1-10(17(22)23)9-20(13-6-7-13)16(21)14-8-15(24-19-14)11-2-4-12(18)5-3-11/h2-5,8,10,13H,6-7,9H2,1H3,(H,22,23). The molecule has 6 nitrogen and oxygen atoms in total. The van der Waals surface area contributed by atoms with Gasteiger partial charge in [-0.15, -0.1) is 0 Å². The first-order chi connectivity index (χ1) is 11.5. The summed E-state index contributed by atoms with van der Waals surface area (Å²) in [6.45, 7) is 1.76. The highest BCUT2D eigenvalue weighted by Crippen LogP contribution is 2.30. The molecule has 1 amide bonds. The number of carbonyl (C=O) groups excluding carboxylic acids is 1. The van der Waals surface area contributed by atoms with Crippen molar-refractivity contribution >= 4 is 23.5 Å². The molecule has 1 atom stereocenters. The molecule has 1 heterocycles. The first kappa shape index (κ1) is 16.5. The number of benzene rings is 1. The summed E-state index contributed by atoms with van der Waals surface area (Å²) in [5.41, 5.74) is 0.951. The number of aromatic nitrogens is 1. The quantitative estimate of drug-likeness (QED) is 0.865. The van der Waals surface area contributed by atoms with Crippen LogP contribution in [0, 0.1) is 5.92 Å². The molecule has 3 rings (SSSR count). The van der Waals surface area contributed by atoms with Crippen molar-refractivity contribution in [2.24, 2.45) is 5.92 Å². The zero-order valence-electron chi connectivity index (χ0n) is 13.1. The number of carboxylic acids is 1. The first-order valence-corrected chi connectivity index (χ1v) is 8.10. The van der Waals surface area contributed by atoms with Crippen molar-refractivity contribution in [1.82, 2.24) is 10.1 Å². The third kappa shape index (κ3) is 3.59. The van der Waals surface area contributed by atoms with Gasteiger partial charge in [0.1, 0.15) is 0 Å². The second kappa shape index (κ2) is 6.65. The first-order valence-electron chi connectivity index (χ1n) is 7.72. The Morgan fingerprint density at radius 2 is 2.04 bits per heavy atom. The van der Waals surface area contributed by atoms with Gasteiger partial charge >= 0.3 is 5.97 Å².